The van der Waals surface area contributed by atoms with Crippen molar-refractivity contribution in [2.45, 2.75) is 31.9 Å². The van der Waals surface area contributed by atoms with E-state index in [9.17, 15) is 4.39 Å². The van der Waals surface area contributed by atoms with Crippen LogP contribution in [0, 0.1) is 18.7 Å². The van der Waals surface area contributed by atoms with Crippen molar-refractivity contribution in [1.82, 2.24) is 14.9 Å². The van der Waals surface area contributed by atoms with Crippen molar-refractivity contribution in [2.75, 3.05) is 26.3 Å². The molecule has 4 heterocycles. The van der Waals surface area contributed by atoms with Gasteiger partial charge in [0, 0.05) is 38.1 Å². The zero-order chi connectivity index (χ0) is 18.0. The molecule has 1 atom stereocenters. The third kappa shape index (κ3) is 3.57. The van der Waals surface area contributed by atoms with E-state index in [1.165, 1.54) is 6.07 Å². The van der Waals surface area contributed by atoms with Gasteiger partial charge in [0.05, 0.1) is 17.9 Å². The number of aryl methyl sites for hydroxylation is 1. The summed E-state index contributed by atoms with van der Waals surface area (Å²) in [4.78, 5) is 10.9. The second-order valence-electron chi connectivity index (χ2n) is 7.24. The van der Waals surface area contributed by atoms with E-state index < -0.39 is 5.82 Å². The molecule has 6 heteroatoms. The Kier molecular flexibility index (Phi) is 4.87. The zero-order valence-corrected chi connectivity index (χ0v) is 15.0. The molecule has 0 unspecified atom stereocenters. The third-order valence-corrected chi connectivity index (χ3v) is 5.34. The minimum Gasteiger partial charge on any atom is -0.476 e. The van der Waals surface area contributed by atoms with Crippen LogP contribution < -0.4 is 4.74 Å². The van der Waals surface area contributed by atoms with Crippen molar-refractivity contribution in [2.24, 2.45) is 5.92 Å². The van der Waals surface area contributed by atoms with Crippen LogP contribution in [-0.4, -0.2) is 46.8 Å². The second-order valence-corrected chi connectivity index (χ2v) is 7.24. The highest BCUT2D eigenvalue weighted by molar-refractivity contribution is 5.14. The van der Waals surface area contributed by atoms with Crippen LogP contribution in [0.2, 0.25) is 0 Å². The van der Waals surface area contributed by atoms with Crippen LogP contribution in [0.4, 0.5) is 4.39 Å². The van der Waals surface area contributed by atoms with Crippen molar-refractivity contribution in [3.05, 3.63) is 53.7 Å². The van der Waals surface area contributed by atoms with E-state index in [0.717, 1.165) is 50.5 Å². The molecular weight excluding hydrogens is 333 g/mol. The first kappa shape index (κ1) is 17.4. The summed E-state index contributed by atoms with van der Waals surface area (Å²) in [5, 5.41) is 0. The summed E-state index contributed by atoms with van der Waals surface area (Å²) < 4.78 is 25.2. The van der Waals surface area contributed by atoms with E-state index in [1.54, 1.807) is 12.3 Å². The van der Waals surface area contributed by atoms with Crippen molar-refractivity contribution in [1.29, 1.82) is 0 Å². The number of ether oxygens (including phenoxy) is 2. The van der Waals surface area contributed by atoms with Crippen LogP contribution >= 0.6 is 0 Å². The number of rotatable bonds is 6. The normalized spacial score (nSPS) is 21.7. The van der Waals surface area contributed by atoms with Crippen LogP contribution in [0.15, 0.2) is 36.5 Å². The first-order chi connectivity index (χ1) is 12.6. The van der Waals surface area contributed by atoms with Crippen LogP contribution in [-0.2, 0) is 11.3 Å². The van der Waals surface area contributed by atoms with E-state index in [1.807, 2.05) is 13.0 Å². The number of nitrogens with zero attached hydrogens (tertiary/aromatic N) is 3. The second kappa shape index (κ2) is 7.29. The Hall–Kier alpha value is -2.05. The summed E-state index contributed by atoms with van der Waals surface area (Å²) in [5.41, 5.74) is 2.07. The molecule has 0 aliphatic carbocycles. The van der Waals surface area contributed by atoms with E-state index in [-0.39, 0.29) is 11.5 Å². The van der Waals surface area contributed by atoms with Crippen LogP contribution in [0.1, 0.15) is 24.2 Å². The number of halogens is 1. The largest absolute Gasteiger partial charge is 0.476 e. The molecule has 2 aromatic heterocycles. The predicted molar refractivity (Wildman–Crippen MR) is 95.3 cm³/mol. The monoisotopic (exact) mass is 357 g/mol. The summed E-state index contributed by atoms with van der Waals surface area (Å²) in [6.07, 6.45) is 3.43. The fraction of sp³-hybridized carbons (Fsp3) is 0.500. The summed E-state index contributed by atoms with van der Waals surface area (Å²) in [5.74, 6) is 0.113. The maximum Gasteiger partial charge on any atom is 0.250 e. The van der Waals surface area contributed by atoms with E-state index >= 15 is 0 Å². The molecule has 26 heavy (non-hydrogen) atoms. The molecule has 0 amide bonds. The lowest BCUT2D eigenvalue weighted by atomic mass is 9.79. The van der Waals surface area contributed by atoms with Gasteiger partial charge in [-0.2, -0.15) is 0 Å². The van der Waals surface area contributed by atoms with Gasteiger partial charge in [0.25, 0.3) is 0 Å². The number of likely N-dealkylation sites (tertiary alicyclic amines) is 1. The molecule has 138 valence electrons. The minimum atomic E-state index is -0.412. The van der Waals surface area contributed by atoms with E-state index in [0.29, 0.717) is 12.5 Å². The number of aromatic nitrogens is 2. The first-order valence-electron chi connectivity index (χ1n) is 9.17. The van der Waals surface area contributed by atoms with Gasteiger partial charge in [-0.1, -0.05) is 6.07 Å². The maximum absolute atomic E-state index is 13.6. The molecule has 2 aliphatic rings. The van der Waals surface area contributed by atoms with Crippen molar-refractivity contribution >= 4 is 0 Å². The summed E-state index contributed by atoms with van der Waals surface area (Å²) in [6, 6.07) is 9.07. The SMILES string of the molecule is Cc1cccc(CN2CC3(C2)OCC[C@H]3CCOc2ncccc2F)n1. The molecule has 0 N–H and O–H groups in total. The minimum absolute atomic E-state index is 0.0736. The Labute approximate surface area is 153 Å². The molecule has 4 rings (SSSR count). The Bertz CT molecular complexity index is 764. The molecule has 1 spiro atoms. The van der Waals surface area contributed by atoms with Crippen molar-refractivity contribution < 1.29 is 13.9 Å². The van der Waals surface area contributed by atoms with Crippen LogP contribution in [0.5, 0.6) is 5.88 Å². The highest BCUT2D eigenvalue weighted by atomic mass is 19.1. The lowest BCUT2D eigenvalue weighted by Crippen LogP contribution is -2.64. The Morgan fingerprint density at radius 3 is 3.00 bits per heavy atom. The fourth-order valence-electron chi connectivity index (χ4n) is 4.06. The number of pyridine rings is 2. The Balaban J connectivity index is 1.28. The molecule has 5 nitrogen and oxygen atoms in total. The summed E-state index contributed by atoms with van der Waals surface area (Å²) in [6.45, 7) is 5.97. The van der Waals surface area contributed by atoms with Crippen LogP contribution in [0.3, 0.4) is 0 Å². The van der Waals surface area contributed by atoms with Gasteiger partial charge in [-0.25, -0.2) is 9.37 Å². The summed E-state index contributed by atoms with van der Waals surface area (Å²) in [7, 11) is 0. The maximum atomic E-state index is 13.6. The van der Waals surface area contributed by atoms with Gasteiger partial charge in [0.2, 0.25) is 5.88 Å². The molecule has 0 aromatic carbocycles. The number of hydrogen-bond donors (Lipinski definition) is 0. The van der Waals surface area contributed by atoms with E-state index in [2.05, 4.69) is 27.0 Å². The fourth-order valence-corrected chi connectivity index (χ4v) is 4.06. The zero-order valence-electron chi connectivity index (χ0n) is 15.0. The smallest absolute Gasteiger partial charge is 0.250 e. The Morgan fingerprint density at radius 2 is 2.19 bits per heavy atom. The lowest BCUT2D eigenvalue weighted by Gasteiger charge is -2.50. The predicted octanol–water partition coefficient (Wildman–Crippen LogP) is 2.98. The topological polar surface area (TPSA) is 47.5 Å². The van der Waals surface area contributed by atoms with Gasteiger partial charge in [-0.3, -0.25) is 9.88 Å². The highest BCUT2D eigenvalue weighted by Gasteiger charge is 2.52. The van der Waals surface area contributed by atoms with Gasteiger partial charge in [0.15, 0.2) is 5.82 Å². The first-order valence-corrected chi connectivity index (χ1v) is 9.17. The average Bonchev–Trinajstić information content (AvgIpc) is 3.00. The Morgan fingerprint density at radius 1 is 1.31 bits per heavy atom. The van der Waals surface area contributed by atoms with Crippen LogP contribution in [0.25, 0.3) is 0 Å². The lowest BCUT2D eigenvalue weighted by molar-refractivity contribution is -0.138. The molecule has 2 aromatic rings. The van der Waals surface area contributed by atoms with Gasteiger partial charge in [-0.15, -0.1) is 0 Å². The van der Waals surface area contributed by atoms with Gasteiger partial charge in [-0.05, 0) is 49.9 Å². The highest BCUT2D eigenvalue weighted by Crippen LogP contribution is 2.42. The standard InChI is InChI=1S/C20H24FN3O2/c1-15-4-2-5-17(23-15)12-24-13-20(14-24)16(8-11-26-20)7-10-25-19-18(21)6-3-9-22-19/h2-6,9,16H,7-8,10-14H2,1H3/t16-/m1/s1. The van der Waals surface area contributed by atoms with Gasteiger partial charge >= 0.3 is 0 Å². The molecule has 2 fully saturated rings. The molecule has 0 bridgehead atoms. The molecule has 0 radical (unpaired) electrons. The van der Waals surface area contributed by atoms with E-state index in [4.69, 9.17) is 9.47 Å². The molecule has 2 saturated heterocycles. The molecule has 0 saturated carbocycles. The average molecular weight is 357 g/mol. The third-order valence-electron chi connectivity index (χ3n) is 5.34. The van der Waals surface area contributed by atoms with Crippen molar-refractivity contribution in [3.63, 3.8) is 0 Å². The molecule has 2 aliphatic heterocycles. The quantitative estimate of drug-likeness (QED) is 0.795. The van der Waals surface area contributed by atoms with Gasteiger partial charge in [0.1, 0.15) is 0 Å². The van der Waals surface area contributed by atoms with Crippen molar-refractivity contribution in [3.8, 4) is 5.88 Å². The number of hydrogen-bond acceptors (Lipinski definition) is 5. The molecular formula is C20H24FN3O2. The summed E-state index contributed by atoms with van der Waals surface area (Å²) >= 11 is 0. The van der Waals surface area contributed by atoms with Gasteiger partial charge < -0.3 is 9.47 Å².